The zero-order chi connectivity index (χ0) is 20.2. The first-order chi connectivity index (χ1) is 14.1. The molecule has 1 aliphatic heterocycles. The number of hydrogen-bond acceptors (Lipinski definition) is 4. The number of carbonyl (C=O) groups excluding carboxylic acids is 1. The van der Waals surface area contributed by atoms with E-state index < -0.39 is 11.9 Å². The van der Waals surface area contributed by atoms with E-state index in [2.05, 4.69) is 11.4 Å². The second-order valence-electron chi connectivity index (χ2n) is 6.69. The number of rotatable bonds is 5. The predicted molar refractivity (Wildman–Crippen MR) is 108 cm³/mol. The lowest BCUT2D eigenvalue weighted by atomic mass is 10.2. The quantitative estimate of drug-likeness (QED) is 0.689. The van der Waals surface area contributed by atoms with Crippen LogP contribution < -0.4 is 15.0 Å². The molecule has 0 radical (unpaired) electrons. The lowest BCUT2D eigenvalue weighted by molar-refractivity contribution is -0.117. The van der Waals surface area contributed by atoms with Gasteiger partial charge in [0.2, 0.25) is 5.91 Å². The molecule has 29 heavy (non-hydrogen) atoms. The highest BCUT2D eigenvalue weighted by molar-refractivity contribution is 6.01. The van der Waals surface area contributed by atoms with E-state index in [0.29, 0.717) is 35.7 Å². The smallest absolute Gasteiger partial charge is 0.249 e. The Morgan fingerprint density at radius 2 is 1.66 bits per heavy atom. The van der Waals surface area contributed by atoms with Gasteiger partial charge in [0.15, 0.2) is 0 Å². The standard InChI is InChI=1S/C23H18FN3O2/c24-20-3-1-2-4-22(20)27-14-13-21(23(27)28)26-17-7-11-19(12-8-17)29-18-9-5-16(15-25)6-10-18/h1-12,21,26H,13-14H2. The molecular weight excluding hydrogens is 369 g/mol. The topological polar surface area (TPSA) is 65.4 Å². The van der Waals surface area contributed by atoms with Crippen LogP contribution in [0.1, 0.15) is 12.0 Å². The molecule has 3 aromatic carbocycles. The fourth-order valence-electron chi connectivity index (χ4n) is 3.28. The lowest BCUT2D eigenvalue weighted by Gasteiger charge is -2.18. The molecule has 1 fully saturated rings. The van der Waals surface area contributed by atoms with Crippen LogP contribution in [0.3, 0.4) is 0 Å². The molecule has 1 N–H and O–H groups in total. The second kappa shape index (κ2) is 8.03. The van der Waals surface area contributed by atoms with Crippen molar-refractivity contribution in [3.63, 3.8) is 0 Å². The lowest BCUT2D eigenvalue weighted by Crippen LogP contribution is -2.33. The summed E-state index contributed by atoms with van der Waals surface area (Å²) in [5.41, 5.74) is 1.67. The van der Waals surface area contributed by atoms with Gasteiger partial charge in [0.05, 0.1) is 17.3 Å². The van der Waals surface area contributed by atoms with Crippen LogP contribution >= 0.6 is 0 Å². The third-order valence-corrected chi connectivity index (χ3v) is 4.76. The van der Waals surface area contributed by atoms with Crippen LogP contribution in [-0.2, 0) is 4.79 Å². The van der Waals surface area contributed by atoms with Crippen molar-refractivity contribution >= 4 is 17.3 Å². The van der Waals surface area contributed by atoms with Crippen LogP contribution in [-0.4, -0.2) is 18.5 Å². The molecule has 0 aromatic heterocycles. The number of halogens is 1. The van der Waals surface area contributed by atoms with E-state index in [4.69, 9.17) is 10.00 Å². The number of hydrogen-bond donors (Lipinski definition) is 1. The number of carbonyl (C=O) groups is 1. The normalized spacial score (nSPS) is 15.8. The molecule has 1 aliphatic rings. The molecule has 0 spiro atoms. The maximum Gasteiger partial charge on any atom is 0.249 e. The summed E-state index contributed by atoms with van der Waals surface area (Å²) in [7, 11) is 0. The third kappa shape index (κ3) is 4.04. The molecule has 5 nitrogen and oxygen atoms in total. The highest BCUT2D eigenvalue weighted by Gasteiger charge is 2.33. The summed E-state index contributed by atoms with van der Waals surface area (Å²) >= 11 is 0. The summed E-state index contributed by atoms with van der Waals surface area (Å²) in [6, 6.07) is 22.1. The van der Waals surface area contributed by atoms with Crippen molar-refractivity contribution < 1.29 is 13.9 Å². The highest BCUT2D eigenvalue weighted by atomic mass is 19.1. The van der Waals surface area contributed by atoms with Gasteiger partial charge in [-0.05, 0) is 67.1 Å². The van der Waals surface area contributed by atoms with Gasteiger partial charge < -0.3 is 15.0 Å². The van der Waals surface area contributed by atoms with Crippen molar-refractivity contribution in [2.45, 2.75) is 12.5 Å². The number of nitriles is 1. The minimum absolute atomic E-state index is 0.145. The monoisotopic (exact) mass is 387 g/mol. The number of benzene rings is 3. The molecule has 0 bridgehead atoms. The molecule has 0 aliphatic carbocycles. The van der Waals surface area contributed by atoms with Crippen molar-refractivity contribution in [3.05, 3.63) is 84.2 Å². The summed E-state index contributed by atoms with van der Waals surface area (Å²) in [6.45, 7) is 0.470. The molecular formula is C23H18FN3O2. The Bertz CT molecular complexity index is 1060. The fraction of sp³-hybridized carbons (Fsp3) is 0.130. The summed E-state index contributed by atoms with van der Waals surface area (Å²) in [5, 5.41) is 12.0. The van der Waals surface area contributed by atoms with Gasteiger partial charge in [-0.15, -0.1) is 0 Å². The van der Waals surface area contributed by atoms with E-state index in [-0.39, 0.29) is 5.91 Å². The van der Waals surface area contributed by atoms with Gasteiger partial charge >= 0.3 is 0 Å². The summed E-state index contributed by atoms with van der Waals surface area (Å²) in [6.07, 6.45) is 0.594. The van der Waals surface area contributed by atoms with E-state index in [1.165, 1.54) is 11.0 Å². The van der Waals surface area contributed by atoms with E-state index in [9.17, 15) is 9.18 Å². The fourth-order valence-corrected chi connectivity index (χ4v) is 3.28. The molecule has 1 atom stereocenters. The molecule has 1 saturated heterocycles. The second-order valence-corrected chi connectivity index (χ2v) is 6.69. The first-order valence-corrected chi connectivity index (χ1v) is 9.24. The van der Waals surface area contributed by atoms with Gasteiger partial charge in [-0.2, -0.15) is 5.26 Å². The number of nitrogens with one attached hydrogen (secondary N) is 1. The van der Waals surface area contributed by atoms with Crippen molar-refractivity contribution in [1.29, 1.82) is 5.26 Å². The molecule has 1 unspecified atom stereocenters. The molecule has 3 aromatic rings. The van der Waals surface area contributed by atoms with Gasteiger partial charge in [0.25, 0.3) is 0 Å². The minimum Gasteiger partial charge on any atom is -0.457 e. The number of amides is 1. The number of para-hydroxylation sites is 1. The van der Waals surface area contributed by atoms with Crippen molar-refractivity contribution in [1.82, 2.24) is 0 Å². The van der Waals surface area contributed by atoms with Gasteiger partial charge in [-0.1, -0.05) is 12.1 Å². The largest absolute Gasteiger partial charge is 0.457 e. The van der Waals surface area contributed by atoms with Crippen LogP contribution in [0.15, 0.2) is 72.8 Å². The number of nitrogens with zero attached hydrogens (tertiary/aromatic N) is 2. The van der Waals surface area contributed by atoms with E-state index in [1.54, 1.807) is 54.6 Å². The molecule has 1 heterocycles. The molecule has 6 heteroatoms. The average molecular weight is 387 g/mol. The number of ether oxygens (including phenoxy) is 1. The van der Waals surface area contributed by atoms with Gasteiger partial charge in [-0.3, -0.25) is 4.79 Å². The maximum absolute atomic E-state index is 14.0. The average Bonchev–Trinajstić information content (AvgIpc) is 3.10. The first-order valence-electron chi connectivity index (χ1n) is 9.24. The van der Waals surface area contributed by atoms with Crippen LogP contribution in [0.5, 0.6) is 11.5 Å². The van der Waals surface area contributed by atoms with Crippen LogP contribution in [0.25, 0.3) is 0 Å². The zero-order valence-corrected chi connectivity index (χ0v) is 15.5. The van der Waals surface area contributed by atoms with Crippen LogP contribution in [0.4, 0.5) is 15.8 Å². The van der Waals surface area contributed by atoms with Crippen LogP contribution in [0.2, 0.25) is 0 Å². The highest BCUT2D eigenvalue weighted by Crippen LogP contribution is 2.27. The Kier molecular flexibility index (Phi) is 5.12. The Hall–Kier alpha value is -3.85. The number of anilines is 2. The van der Waals surface area contributed by atoms with E-state index in [0.717, 1.165) is 5.69 Å². The summed E-state index contributed by atoms with van der Waals surface area (Å²) in [5.74, 6) is 0.737. The van der Waals surface area contributed by atoms with E-state index >= 15 is 0 Å². The Balaban J connectivity index is 1.39. The van der Waals surface area contributed by atoms with Crippen molar-refractivity contribution in [2.75, 3.05) is 16.8 Å². The van der Waals surface area contributed by atoms with Gasteiger partial charge in [0.1, 0.15) is 23.4 Å². The summed E-state index contributed by atoms with van der Waals surface area (Å²) in [4.78, 5) is 14.2. The zero-order valence-electron chi connectivity index (χ0n) is 15.5. The third-order valence-electron chi connectivity index (χ3n) is 4.76. The summed E-state index contributed by atoms with van der Waals surface area (Å²) < 4.78 is 19.7. The molecule has 1 amide bonds. The molecule has 144 valence electrons. The van der Waals surface area contributed by atoms with Gasteiger partial charge in [-0.25, -0.2) is 4.39 Å². The van der Waals surface area contributed by atoms with Crippen molar-refractivity contribution in [3.8, 4) is 17.6 Å². The molecule has 0 saturated carbocycles. The Morgan fingerprint density at radius 3 is 2.31 bits per heavy atom. The Labute approximate surface area is 168 Å². The van der Waals surface area contributed by atoms with Crippen LogP contribution in [0, 0.1) is 17.1 Å². The first kappa shape index (κ1) is 18.5. The Morgan fingerprint density at radius 1 is 1.00 bits per heavy atom. The maximum atomic E-state index is 14.0. The molecule has 4 rings (SSSR count). The van der Waals surface area contributed by atoms with Gasteiger partial charge in [0, 0.05) is 12.2 Å². The minimum atomic E-state index is -0.403. The van der Waals surface area contributed by atoms with E-state index in [1.807, 2.05) is 12.1 Å². The SMILES string of the molecule is N#Cc1ccc(Oc2ccc(NC3CCN(c4ccccc4F)C3=O)cc2)cc1. The van der Waals surface area contributed by atoms with Crippen molar-refractivity contribution in [2.24, 2.45) is 0 Å². The predicted octanol–water partition coefficient (Wildman–Crippen LogP) is 4.71.